The van der Waals surface area contributed by atoms with Crippen LogP contribution in [0.15, 0.2) is 59.4 Å². The number of ether oxygens (including phenoxy) is 4. The SMILES string of the molecule is C=C(COCCOc1ccc2nc3c(c(CC)c2c1)Cn1c-3cc2c(c1=O)COC(=O)[C@]2(O)CC)C(=O)N1CCN(c2nc(OCC34CCCN3C[C@H](F)C4)nc3c(F)c(-c4ccc(F)c5sc(N)c(C#N)c45)c(Cl)cc23)C[C@@H]1CC#N. The van der Waals surface area contributed by atoms with Gasteiger partial charge in [0.1, 0.15) is 60.0 Å². The number of alkyl halides is 1. The first-order valence-corrected chi connectivity index (χ1v) is 28.3. The van der Waals surface area contributed by atoms with Crippen molar-refractivity contribution in [1.29, 1.82) is 10.5 Å². The number of aryl methyl sites for hydroxylation is 1. The summed E-state index contributed by atoms with van der Waals surface area (Å²) in [6.45, 7) is 9.20. The number of halogens is 4. The minimum Gasteiger partial charge on any atom is -0.491 e. The first kappa shape index (κ1) is 54.7. The maximum atomic E-state index is 17.5. The van der Waals surface area contributed by atoms with E-state index in [4.69, 9.17) is 46.3 Å². The second-order valence-corrected chi connectivity index (χ2v) is 22.9. The summed E-state index contributed by atoms with van der Waals surface area (Å²) in [5.41, 5.74) is 7.31. The number of piperazine rings is 1. The summed E-state index contributed by atoms with van der Waals surface area (Å²) < 4.78 is 72.8. The smallest absolute Gasteiger partial charge is 0.343 e. The zero-order valence-corrected chi connectivity index (χ0v) is 46.3. The van der Waals surface area contributed by atoms with E-state index in [1.165, 1.54) is 12.1 Å². The highest BCUT2D eigenvalue weighted by Gasteiger charge is 2.50. The molecular weight excluding hydrogens is 1100 g/mol. The molecule has 4 atom stereocenters. The van der Waals surface area contributed by atoms with Crippen molar-refractivity contribution in [2.45, 2.75) is 88.9 Å². The number of nitrogens with zero attached hydrogens (tertiary/aromatic N) is 9. The monoisotopic (exact) mass is 1150 g/mol. The van der Waals surface area contributed by atoms with Crippen LogP contribution in [0.4, 0.5) is 24.0 Å². The van der Waals surface area contributed by atoms with E-state index in [1.807, 2.05) is 30.0 Å². The highest BCUT2D eigenvalue weighted by molar-refractivity contribution is 7.23. The molecule has 3 aromatic carbocycles. The zero-order chi connectivity index (χ0) is 57.5. The fraction of sp³-hybridized carbons (Fsp3) is 0.390. The van der Waals surface area contributed by atoms with Gasteiger partial charge in [-0.2, -0.15) is 20.5 Å². The molecule has 0 radical (unpaired) electrons. The number of hydrogen-bond acceptors (Lipinski definition) is 17. The summed E-state index contributed by atoms with van der Waals surface area (Å²) in [7, 11) is 0. The van der Waals surface area contributed by atoms with E-state index in [2.05, 4.69) is 22.5 Å². The second kappa shape index (κ2) is 21.2. The molecule has 4 aromatic heterocycles. The number of nitriles is 2. The Bertz CT molecular complexity index is 4030. The van der Waals surface area contributed by atoms with Crippen LogP contribution in [0.3, 0.4) is 0 Å². The maximum Gasteiger partial charge on any atom is 0.343 e. The van der Waals surface area contributed by atoms with Gasteiger partial charge in [-0.05, 0) is 79.8 Å². The molecule has 82 heavy (non-hydrogen) atoms. The molecule has 18 nitrogen and oxygen atoms in total. The van der Waals surface area contributed by atoms with E-state index >= 15 is 8.78 Å². The lowest BCUT2D eigenvalue weighted by Crippen LogP contribution is -2.56. The molecule has 0 bridgehead atoms. The number of nitrogens with two attached hydrogens (primary N) is 1. The number of aromatic nitrogens is 4. The largest absolute Gasteiger partial charge is 0.491 e. The number of aliphatic hydroxyl groups is 1. The Morgan fingerprint density at radius 1 is 1.04 bits per heavy atom. The number of fused-ring (bicyclic) bond motifs is 8. The molecule has 9 heterocycles. The Morgan fingerprint density at radius 2 is 1.87 bits per heavy atom. The van der Waals surface area contributed by atoms with Gasteiger partial charge in [0.2, 0.25) is 0 Å². The van der Waals surface area contributed by atoms with Crippen molar-refractivity contribution >= 4 is 77.5 Å². The molecule has 1 unspecified atom stereocenters. The van der Waals surface area contributed by atoms with Crippen LogP contribution in [0.2, 0.25) is 5.02 Å². The van der Waals surface area contributed by atoms with Crippen LogP contribution in [0, 0.1) is 34.3 Å². The Morgan fingerprint density at radius 3 is 2.65 bits per heavy atom. The highest BCUT2D eigenvalue weighted by atomic mass is 35.5. The summed E-state index contributed by atoms with van der Waals surface area (Å²) in [6, 6.07) is 14.5. The van der Waals surface area contributed by atoms with Crippen LogP contribution < -0.4 is 25.7 Å². The first-order valence-electron chi connectivity index (χ1n) is 27.1. The third-order valence-corrected chi connectivity index (χ3v) is 18.2. The molecule has 3 saturated heterocycles. The zero-order valence-electron chi connectivity index (χ0n) is 44.8. The van der Waals surface area contributed by atoms with Gasteiger partial charge in [-0.15, -0.1) is 11.3 Å². The van der Waals surface area contributed by atoms with E-state index in [-0.39, 0.29) is 167 Å². The Balaban J connectivity index is 0.745. The summed E-state index contributed by atoms with van der Waals surface area (Å²) in [5, 5.41) is 32.5. The van der Waals surface area contributed by atoms with Crippen LogP contribution in [0.25, 0.3) is 54.4 Å². The molecule has 23 heteroatoms. The maximum absolute atomic E-state index is 17.5. The molecule has 422 valence electrons. The number of nitrogen functional groups attached to an aromatic ring is 1. The van der Waals surface area contributed by atoms with Crippen molar-refractivity contribution < 1.29 is 46.8 Å². The van der Waals surface area contributed by atoms with Gasteiger partial charge in [0.15, 0.2) is 11.4 Å². The van der Waals surface area contributed by atoms with E-state index in [1.54, 1.807) is 28.5 Å². The summed E-state index contributed by atoms with van der Waals surface area (Å²) >= 11 is 7.85. The van der Waals surface area contributed by atoms with Crippen LogP contribution >= 0.6 is 22.9 Å². The molecule has 1 amide bonds. The minimum absolute atomic E-state index is 0.0226. The number of anilines is 2. The number of esters is 1. The number of thiophene rings is 1. The van der Waals surface area contributed by atoms with Crippen LogP contribution in [0.1, 0.15) is 73.8 Å². The first-order chi connectivity index (χ1) is 39.5. The van der Waals surface area contributed by atoms with Crippen molar-refractivity contribution in [3.05, 3.63) is 109 Å². The number of carbonyl (C=O) groups excluding carboxylic acids is 2. The van der Waals surface area contributed by atoms with E-state index < -0.39 is 46.9 Å². The number of hydrogen-bond donors (Lipinski definition) is 2. The Kier molecular flexibility index (Phi) is 14.1. The predicted molar refractivity (Wildman–Crippen MR) is 300 cm³/mol. The topological polar surface area (TPSA) is 235 Å². The number of amides is 1. The number of carbonyl (C=O) groups is 2. The Hall–Kier alpha value is -7.86. The van der Waals surface area contributed by atoms with Crippen LogP contribution in [-0.4, -0.2) is 123 Å². The molecular formula is C59H54ClF3N10O8S. The van der Waals surface area contributed by atoms with Gasteiger partial charge in [-0.1, -0.05) is 38.1 Å². The number of benzene rings is 3. The lowest BCUT2D eigenvalue weighted by Gasteiger charge is -2.41. The minimum atomic E-state index is -1.94. The molecule has 3 fully saturated rings. The number of cyclic esters (lactones) is 1. The van der Waals surface area contributed by atoms with E-state index in [9.17, 15) is 34.4 Å². The van der Waals surface area contributed by atoms with Gasteiger partial charge in [0.25, 0.3) is 11.5 Å². The molecule has 7 aromatic rings. The van der Waals surface area contributed by atoms with Crippen molar-refractivity contribution in [3.63, 3.8) is 0 Å². The van der Waals surface area contributed by atoms with Crippen molar-refractivity contribution in [3.8, 4) is 46.4 Å². The van der Waals surface area contributed by atoms with Gasteiger partial charge in [-0.3, -0.25) is 14.5 Å². The van der Waals surface area contributed by atoms with Gasteiger partial charge < -0.3 is 44.2 Å². The fourth-order valence-corrected chi connectivity index (χ4v) is 14.0. The lowest BCUT2D eigenvalue weighted by atomic mass is 9.86. The molecule has 0 aliphatic carbocycles. The molecule has 12 rings (SSSR count). The summed E-state index contributed by atoms with van der Waals surface area (Å²) in [5.74, 6) is -2.00. The van der Waals surface area contributed by atoms with E-state index in [0.717, 1.165) is 40.3 Å². The fourth-order valence-electron chi connectivity index (χ4n) is 12.8. The summed E-state index contributed by atoms with van der Waals surface area (Å²) in [6.07, 6.45) is 1.34. The molecule has 5 aliphatic rings. The standard InChI is InChI=1S/C59H54ClF3N10O8S/c1-4-34-36-19-33(7-10-44(36)67-49-39(34)26-73-45(49)21-41-40(55(73)75)28-80-56(76)59(41,77)5-2)79-18-17-78-27-30(3)54(74)72-16-15-70(25-32(72)11-13-64)53-37-20-42(60)47(35-8-9-43(62)51-46(35)38(23-65)52(66)82-51)48(63)50(37)68-57(69-53)81-29-58-12-6-14-71(58)24-31(61)22-58/h7-10,19-21,31-32,77H,3-6,11-12,14-18,22,24-29,66H2,1-2H3/t31-,32+,58?,59+/m1/s1. The van der Waals surface area contributed by atoms with E-state index in [0.29, 0.717) is 42.0 Å². The van der Waals surface area contributed by atoms with Gasteiger partial charge in [0, 0.05) is 71.0 Å². The normalized spacial score (nSPS) is 21.1. The van der Waals surface area contributed by atoms with Crippen molar-refractivity contribution in [2.75, 3.05) is 69.8 Å². The molecule has 0 spiro atoms. The molecule has 3 N–H and O–H groups in total. The number of rotatable bonds is 15. The molecule has 5 aliphatic heterocycles. The summed E-state index contributed by atoms with van der Waals surface area (Å²) in [4.78, 5) is 60.4. The number of pyridine rings is 2. The highest BCUT2D eigenvalue weighted by Crippen LogP contribution is 2.47. The lowest BCUT2D eigenvalue weighted by molar-refractivity contribution is -0.172. The van der Waals surface area contributed by atoms with Gasteiger partial charge in [0.05, 0.1) is 81.6 Å². The third kappa shape index (κ3) is 8.94. The van der Waals surface area contributed by atoms with Crippen molar-refractivity contribution in [2.24, 2.45) is 0 Å². The van der Waals surface area contributed by atoms with Gasteiger partial charge in [-0.25, -0.2) is 22.9 Å². The van der Waals surface area contributed by atoms with Crippen LogP contribution in [0.5, 0.6) is 11.8 Å². The Labute approximate surface area is 476 Å². The quantitative estimate of drug-likeness (QED) is 0.0557. The molecule has 0 saturated carbocycles. The van der Waals surface area contributed by atoms with Crippen LogP contribution in [-0.2, 0) is 44.2 Å². The average molecular weight is 1160 g/mol. The average Bonchev–Trinajstić information content (AvgIpc) is 2.97. The van der Waals surface area contributed by atoms with Crippen molar-refractivity contribution in [1.82, 2.24) is 29.3 Å². The third-order valence-electron chi connectivity index (χ3n) is 16.8. The second-order valence-electron chi connectivity index (χ2n) is 21.4. The predicted octanol–water partition coefficient (Wildman–Crippen LogP) is 8.39. The van der Waals surface area contributed by atoms with Gasteiger partial charge >= 0.3 is 12.0 Å².